The van der Waals surface area contributed by atoms with Crippen LogP contribution in [0.2, 0.25) is 0 Å². The van der Waals surface area contributed by atoms with Gasteiger partial charge in [-0.15, -0.1) is 0 Å². The molecule has 0 amide bonds. The first kappa shape index (κ1) is 12.8. The van der Waals surface area contributed by atoms with Crippen LogP contribution in [0.5, 0.6) is 11.5 Å². The van der Waals surface area contributed by atoms with Gasteiger partial charge < -0.3 is 9.47 Å². The molecule has 0 spiro atoms. The zero-order chi connectivity index (χ0) is 13.2. The highest BCUT2D eigenvalue weighted by molar-refractivity contribution is 5.38. The Labute approximate surface area is 115 Å². The molecule has 1 aromatic carbocycles. The van der Waals surface area contributed by atoms with E-state index in [0.29, 0.717) is 0 Å². The Morgan fingerprint density at radius 2 is 1.58 bits per heavy atom. The third-order valence-corrected chi connectivity index (χ3v) is 4.62. The molecule has 1 aromatic rings. The zero-order valence-electron chi connectivity index (χ0n) is 11.9. The average Bonchev–Trinajstić information content (AvgIpc) is 2.99. The van der Waals surface area contributed by atoms with Gasteiger partial charge in [0, 0.05) is 25.7 Å². The molecule has 3 nitrogen and oxygen atoms in total. The second kappa shape index (κ2) is 5.41. The molecular formula is C16H23NO2. The van der Waals surface area contributed by atoms with E-state index in [2.05, 4.69) is 17.0 Å². The number of benzene rings is 1. The van der Waals surface area contributed by atoms with Crippen molar-refractivity contribution in [3.63, 3.8) is 0 Å². The number of hydrogen-bond acceptors (Lipinski definition) is 3. The molecule has 1 saturated heterocycles. The summed E-state index contributed by atoms with van der Waals surface area (Å²) in [4.78, 5) is 2.59. The molecule has 2 aliphatic rings. The molecule has 19 heavy (non-hydrogen) atoms. The molecule has 1 saturated carbocycles. The van der Waals surface area contributed by atoms with Gasteiger partial charge in [-0.05, 0) is 42.4 Å². The van der Waals surface area contributed by atoms with Crippen molar-refractivity contribution in [3.8, 4) is 11.5 Å². The van der Waals surface area contributed by atoms with Crippen LogP contribution in [0.4, 0.5) is 0 Å². The monoisotopic (exact) mass is 261 g/mol. The van der Waals surface area contributed by atoms with Crippen molar-refractivity contribution < 1.29 is 9.47 Å². The molecule has 104 valence electrons. The van der Waals surface area contributed by atoms with Gasteiger partial charge in [0.2, 0.25) is 0 Å². The number of nitrogens with zero attached hydrogens (tertiary/aromatic N) is 1. The third kappa shape index (κ3) is 2.71. The molecule has 0 aromatic heterocycles. The molecule has 3 rings (SSSR count). The SMILES string of the molecule is COc1cc(CN2CC3CCCC3C2)cc(OC)c1. The molecule has 0 radical (unpaired) electrons. The lowest BCUT2D eigenvalue weighted by atomic mass is 10.0. The molecule has 0 bridgehead atoms. The Morgan fingerprint density at radius 1 is 1.00 bits per heavy atom. The van der Waals surface area contributed by atoms with Gasteiger partial charge in [-0.25, -0.2) is 0 Å². The van der Waals surface area contributed by atoms with Gasteiger partial charge in [0.05, 0.1) is 14.2 Å². The average molecular weight is 261 g/mol. The highest BCUT2D eigenvalue weighted by Gasteiger charge is 2.35. The van der Waals surface area contributed by atoms with Crippen molar-refractivity contribution in [2.45, 2.75) is 25.8 Å². The van der Waals surface area contributed by atoms with E-state index in [9.17, 15) is 0 Å². The van der Waals surface area contributed by atoms with E-state index in [1.807, 2.05) is 6.07 Å². The van der Waals surface area contributed by atoms with E-state index in [4.69, 9.17) is 9.47 Å². The first-order valence-electron chi connectivity index (χ1n) is 7.23. The van der Waals surface area contributed by atoms with Gasteiger partial charge in [0.25, 0.3) is 0 Å². The maximum Gasteiger partial charge on any atom is 0.122 e. The summed E-state index contributed by atoms with van der Waals surface area (Å²) in [5.41, 5.74) is 1.29. The maximum absolute atomic E-state index is 5.34. The van der Waals surface area contributed by atoms with Crippen LogP contribution in [0.3, 0.4) is 0 Å². The molecule has 3 heteroatoms. The van der Waals surface area contributed by atoms with E-state index >= 15 is 0 Å². The smallest absolute Gasteiger partial charge is 0.122 e. The van der Waals surface area contributed by atoms with Gasteiger partial charge in [0.15, 0.2) is 0 Å². The largest absolute Gasteiger partial charge is 0.497 e. The highest BCUT2D eigenvalue weighted by atomic mass is 16.5. The minimum Gasteiger partial charge on any atom is -0.497 e. The Kier molecular flexibility index (Phi) is 3.65. The van der Waals surface area contributed by atoms with Gasteiger partial charge >= 0.3 is 0 Å². The van der Waals surface area contributed by atoms with Crippen molar-refractivity contribution in [2.75, 3.05) is 27.3 Å². The summed E-state index contributed by atoms with van der Waals surface area (Å²) in [5, 5.41) is 0. The molecule has 1 aliphatic heterocycles. The number of ether oxygens (including phenoxy) is 2. The second-order valence-corrected chi connectivity index (χ2v) is 5.87. The number of fused-ring (bicyclic) bond motifs is 1. The summed E-state index contributed by atoms with van der Waals surface area (Å²) in [6.07, 6.45) is 4.31. The fourth-order valence-electron chi connectivity index (χ4n) is 3.68. The van der Waals surface area contributed by atoms with Crippen molar-refractivity contribution in [1.29, 1.82) is 0 Å². The summed E-state index contributed by atoms with van der Waals surface area (Å²) in [7, 11) is 3.41. The maximum atomic E-state index is 5.34. The normalized spacial score (nSPS) is 26.4. The summed E-state index contributed by atoms with van der Waals surface area (Å²) < 4.78 is 10.7. The summed E-state index contributed by atoms with van der Waals surface area (Å²) in [6.45, 7) is 3.55. The van der Waals surface area contributed by atoms with E-state index < -0.39 is 0 Å². The van der Waals surface area contributed by atoms with Gasteiger partial charge in [-0.3, -0.25) is 4.90 Å². The van der Waals surface area contributed by atoms with E-state index in [-0.39, 0.29) is 0 Å². The standard InChI is InChI=1S/C16H23NO2/c1-18-15-6-12(7-16(8-15)19-2)9-17-10-13-4-3-5-14(13)11-17/h6-8,13-14H,3-5,9-11H2,1-2H3. The Morgan fingerprint density at radius 3 is 2.11 bits per heavy atom. The van der Waals surface area contributed by atoms with Crippen molar-refractivity contribution in [3.05, 3.63) is 23.8 Å². The quantitative estimate of drug-likeness (QED) is 0.832. The molecular weight excluding hydrogens is 238 g/mol. The molecule has 1 heterocycles. The predicted octanol–water partition coefficient (Wildman–Crippen LogP) is 2.94. The fourth-order valence-corrected chi connectivity index (χ4v) is 3.68. The van der Waals surface area contributed by atoms with Crippen molar-refractivity contribution in [2.24, 2.45) is 11.8 Å². The first-order chi connectivity index (χ1) is 9.28. The second-order valence-electron chi connectivity index (χ2n) is 5.87. The molecule has 0 N–H and O–H groups in total. The number of likely N-dealkylation sites (tertiary alicyclic amines) is 1. The van der Waals surface area contributed by atoms with E-state index in [1.165, 1.54) is 37.9 Å². The number of hydrogen-bond donors (Lipinski definition) is 0. The molecule has 1 aliphatic carbocycles. The van der Waals surface area contributed by atoms with Crippen LogP contribution in [-0.2, 0) is 6.54 Å². The Bertz CT molecular complexity index is 412. The minimum atomic E-state index is 0.883. The number of rotatable bonds is 4. The summed E-state index contributed by atoms with van der Waals surface area (Å²) in [5.74, 6) is 3.67. The summed E-state index contributed by atoms with van der Waals surface area (Å²) >= 11 is 0. The highest BCUT2D eigenvalue weighted by Crippen LogP contribution is 2.38. The number of methoxy groups -OCH3 is 2. The van der Waals surface area contributed by atoms with Gasteiger partial charge in [-0.1, -0.05) is 6.42 Å². The lowest BCUT2D eigenvalue weighted by Crippen LogP contribution is -2.21. The predicted molar refractivity (Wildman–Crippen MR) is 75.7 cm³/mol. The minimum absolute atomic E-state index is 0.883. The van der Waals surface area contributed by atoms with Crippen LogP contribution in [0.15, 0.2) is 18.2 Å². The van der Waals surface area contributed by atoms with Crippen LogP contribution in [-0.4, -0.2) is 32.2 Å². The Hall–Kier alpha value is -1.22. The van der Waals surface area contributed by atoms with Crippen molar-refractivity contribution in [1.82, 2.24) is 4.90 Å². The lowest BCUT2D eigenvalue weighted by molar-refractivity contribution is 0.302. The van der Waals surface area contributed by atoms with Crippen LogP contribution in [0.1, 0.15) is 24.8 Å². The van der Waals surface area contributed by atoms with Crippen molar-refractivity contribution >= 4 is 0 Å². The van der Waals surface area contributed by atoms with Crippen LogP contribution < -0.4 is 9.47 Å². The third-order valence-electron chi connectivity index (χ3n) is 4.62. The summed E-state index contributed by atoms with van der Waals surface area (Å²) in [6, 6.07) is 6.18. The van der Waals surface area contributed by atoms with Crippen LogP contribution in [0, 0.1) is 11.8 Å². The van der Waals surface area contributed by atoms with Crippen LogP contribution >= 0.6 is 0 Å². The topological polar surface area (TPSA) is 21.7 Å². The molecule has 2 atom stereocenters. The lowest BCUT2D eigenvalue weighted by Gasteiger charge is -2.17. The Balaban J connectivity index is 1.69. The van der Waals surface area contributed by atoms with Gasteiger partial charge in [-0.2, -0.15) is 0 Å². The zero-order valence-corrected chi connectivity index (χ0v) is 11.9. The molecule has 2 fully saturated rings. The molecule has 2 unspecified atom stereocenters. The van der Waals surface area contributed by atoms with E-state index in [0.717, 1.165) is 29.9 Å². The van der Waals surface area contributed by atoms with E-state index in [1.54, 1.807) is 14.2 Å². The van der Waals surface area contributed by atoms with Crippen LogP contribution in [0.25, 0.3) is 0 Å². The fraction of sp³-hybridized carbons (Fsp3) is 0.625. The first-order valence-corrected chi connectivity index (χ1v) is 7.23. The van der Waals surface area contributed by atoms with Gasteiger partial charge in [0.1, 0.15) is 11.5 Å².